The van der Waals surface area contributed by atoms with Crippen LogP contribution in [0.3, 0.4) is 0 Å². The van der Waals surface area contributed by atoms with Crippen molar-refractivity contribution in [3.05, 3.63) is 36.5 Å². The number of amides is 1. The summed E-state index contributed by atoms with van der Waals surface area (Å²) in [5, 5.41) is 23.3. The van der Waals surface area contributed by atoms with Crippen molar-refractivity contribution in [3.8, 4) is 0 Å². The summed E-state index contributed by atoms with van der Waals surface area (Å²) in [6.45, 7) is 4.95. The van der Waals surface area contributed by atoms with Crippen LogP contribution in [0.25, 0.3) is 0 Å². The molecule has 0 radical (unpaired) electrons. The zero-order valence-electron chi connectivity index (χ0n) is 52.0. The number of unbranched alkanes of at least 4 members (excludes halogenated alkanes) is 48. The van der Waals surface area contributed by atoms with Crippen molar-refractivity contribution in [2.75, 3.05) is 13.2 Å². The van der Waals surface area contributed by atoms with E-state index in [0.717, 1.165) is 51.4 Å². The number of hydrogen-bond acceptors (Lipinski definition) is 5. The van der Waals surface area contributed by atoms with E-state index < -0.39 is 12.1 Å². The molecule has 0 heterocycles. The second kappa shape index (κ2) is 66.6. The van der Waals surface area contributed by atoms with Gasteiger partial charge in [0.15, 0.2) is 0 Å². The van der Waals surface area contributed by atoms with E-state index in [0.29, 0.717) is 25.9 Å². The highest BCUT2D eigenvalue weighted by Gasteiger charge is 2.20. The highest BCUT2D eigenvalue weighted by atomic mass is 16.5. The monoisotopic (exact) mass is 1080 g/mol. The minimum Gasteiger partial charge on any atom is -0.466 e. The van der Waals surface area contributed by atoms with Crippen LogP contribution in [0.4, 0.5) is 0 Å². The van der Waals surface area contributed by atoms with Gasteiger partial charge in [-0.15, -0.1) is 0 Å². The highest BCUT2D eigenvalue weighted by molar-refractivity contribution is 5.76. The summed E-state index contributed by atoms with van der Waals surface area (Å²) in [6, 6.07) is -0.540. The maximum Gasteiger partial charge on any atom is 0.305 e. The van der Waals surface area contributed by atoms with Gasteiger partial charge in [-0.2, -0.15) is 0 Å². The van der Waals surface area contributed by atoms with Crippen LogP contribution in [-0.2, 0) is 14.3 Å². The summed E-state index contributed by atoms with van der Waals surface area (Å²) in [5.74, 6) is -0.0232. The van der Waals surface area contributed by atoms with Crippen molar-refractivity contribution < 1.29 is 24.5 Å². The summed E-state index contributed by atoms with van der Waals surface area (Å²) in [4.78, 5) is 24.6. The van der Waals surface area contributed by atoms with Crippen LogP contribution >= 0.6 is 0 Å². The van der Waals surface area contributed by atoms with E-state index in [1.807, 2.05) is 0 Å². The molecular formula is C71H135NO5. The van der Waals surface area contributed by atoms with Crippen LogP contribution in [0, 0.1) is 0 Å². The maximum absolute atomic E-state index is 12.5. The molecule has 0 aromatic rings. The molecule has 0 aliphatic heterocycles. The van der Waals surface area contributed by atoms with Crippen molar-refractivity contribution in [2.24, 2.45) is 0 Å². The number of nitrogens with one attached hydrogen (secondary N) is 1. The van der Waals surface area contributed by atoms with Gasteiger partial charge >= 0.3 is 5.97 Å². The Morgan fingerprint density at radius 2 is 0.649 bits per heavy atom. The molecule has 0 saturated carbocycles. The molecule has 0 fully saturated rings. The predicted octanol–water partition coefficient (Wildman–Crippen LogP) is 22.3. The number of hydrogen-bond donors (Lipinski definition) is 3. The molecule has 2 atom stereocenters. The Labute approximate surface area is 481 Å². The van der Waals surface area contributed by atoms with Crippen LogP contribution in [-0.4, -0.2) is 47.4 Å². The molecule has 2 unspecified atom stereocenters. The van der Waals surface area contributed by atoms with Gasteiger partial charge in [0.05, 0.1) is 25.4 Å². The van der Waals surface area contributed by atoms with Crippen LogP contribution in [0.1, 0.15) is 380 Å². The summed E-state index contributed by atoms with van der Waals surface area (Å²) < 4.78 is 5.50. The standard InChI is InChI=1S/C71H135NO5/c1-3-5-7-9-11-13-15-17-19-33-37-41-45-49-53-57-61-65-71(76)77-66-62-58-54-50-46-42-38-35-32-30-28-26-24-22-20-21-23-25-27-29-31-34-36-40-44-48-52-56-60-64-70(75)72-68(67-73)69(74)63-59-55-51-47-43-39-18-16-14-12-10-8-6-4-2/h11,13,17,19-20,22,68-69,73-74H,3-10,12,14-16,18,21,23-67H2,1-2H3,(H,72,75)/b13-11-,19-17-,22-20-. The molecule has 0 rings (SSSR count). The fourth-order valence-electron chi connectivity index (χ4n) is 10.8. The van der Waals surface area contributed by atoms with Gasteiger partial charge in [-0.25, -0.2) is 0 Å². The zero-order valence-corrected chi connectivity index (χ0v) is 52.0. The second-order valence-corrected chi connectivity index (χ2v) is 23.9. The molecule has 0 aliphatic rings. The molecular weight excluding hydrogens is 947 g/mol. The number of esters is 1. The maximum atomic E-state index is 12.5. The molecule has 0 spiro atoms. The van der Waals surface area contributed by atoms with E-state index in [1.54, 1.807) is 0 Å². The minimum absolute atomic E-state index is 0.00904. The quantitative estimate of drug-likeness (QED) is 0.0320. The van der Waals surface area contributed by atoms with Gasteiger partial charge in [-0.1, -0.05) is 320 Å². The average molecular weight is 1080 g/mol. The van der Waals surface area contributed by atoms with Crippen LogP contribution < -0.4 is 5.32 Å². The fraction of sp³-hybridized carbons (Fsp3) is 0.887. The lowest BCUT2D eigenvalue weighted by Crippen LogP contribution is -2.45. The van der Waals surface area contributed by atoms with Gasteiger partial charge in [-0.3, -0.25) is 9.59 Å². The van der Waals surface area contributed by atoms with E-state index in [2.05, 4.69) is 55.6 Å². The highest BCUT2D eigenvalue weighted by Crippen LogP contribution is 2.18. The van der Waals surface area contributed by atoms with E-state index in [4.69, 9.17) is 4.74 Å². The van der Waals surface area contributed by atoms with Gasteiger partial charge in [0, 0.05) is 12.8 Å². The van der Waals surface area contributed by atoms with E-state index >= 15 is 0 Å². The van der Waals surface area contributed by atoms with Crippen molar-refractivity contribution in [3.63, 3.8) is 0 Å². The summed E-state index contributed by atoms with van der Waals surface area (Å²) in [5.41, 5.74) is 0. The third kappa shape index (κ3) is 63.1. The number of rotatable bonds is 65. The first kappa shape index (κ1) is 75.1. The number of ether oxygens (including phenoxy) is 1. The molecule has 77 heavy (non-hydrogen) atoms. The number of aliphatic hydroxyl groups is 2. The van der Waals surface area contributed by atoms with Gasteiger partial charge in [0.1, 0.15) is 0 Å². The lowest BCUT2D eigenvalue weighted by Gasteiger charge is -2.22. The molecule has 6 heteroatoms. The lowest BCUT2D eigenvalue weighted by molar-refractivity contribution is -0.143. The van der Waals surface area contributed by atoms with Crippen molar-refractivity contribution >= 4 is 11.9 Å². The van der Waals surface area contributed by atoms with Crippen LogP contribution in [0.15, 0.2) is 36.5 Å². The van der Waals surface area contributed by atoms with Crippen molar-refractivity contribution in [1.29, 1.82) is 0 Å². The normalized spacial score (nSPS) is 12.7. The third-order valence-corrected chi connectivity index (χ3v) is 16.2. The minimum atomic E-state index is -0.663. The average Bonchev–Trinajstić information content (AvgIpc) is 3.43. The Morgan fingerprint density at radius 1 is 0.364 bits per heavy atom. The van der Waals surface area contributed by atoms with Crippen LogP contribution in [0.5, 0.6) is 0 Å². The van der Waals surface area contributed by atoms with E-state index in [-0.39, 0.29) is 18.5 Å². The van der Waals surface area contributed by atoms with Gasteiger partial charge in [-0.05, 0) is 83.5 Å². The molecule has 6 nitrogen and oxygen atoms in total. The van der Waals surface area contributed by atoms with Gasteiger partial charge in [0.25, 0.3) is 0 Å². The first-order chi connectivity index (χ1) is 38.0. The molecule has 0 bridgehead atoms. The van der Waals surface area contributed by atoms with Gasteiger partial charge < -0.3 is 20.3 Å². The van der Waals surface area contributed by atoms with Crippen molar-refractivity contribution in [1.82, 2.24) is 5.32 Å². The van der Waals surface area contributed by atoms with E-state index in [9.17, 15) is 19.8 Å². The number of allylic oxidation sites excluding steroid dienone is 6. The first-order valence-electron chi connectivity index (χ1n) is 34.7. The predicted molar refractivity (Wildman–Crippen MR) is 338 cm³/mol. The van der Waals surface area contributed by atoms with E-state index in [1.165, 1.54) is 295 Å². The summed E-state index contributed by atoms with van der Waals surface area (Å²) in [7, 11) is 0. The topological polar surface area (TPSA) is 95.9 Å². The van der Waals surface area contributed by atoms with Crippen LogP contribution in [0.2, 0.25) is 0 Å². The summed E-state index contributed by atoms with van der Waals surface area (Å²) >= 11 is 0. The smallest absolute Gasteiger partial charge is 0.305 e. The first-order valence-corrected chi connectivity index (χ1v) is 34.7. The number of carbonyl (C=O) groups excluding carboxylic acids is 2. The molecule has 0 aromatic heterocycles. The molecule has 0 aromatic carbocycles. The van der Waals surface area contributed by atoms with Gasteiger partial charge in [0.2, 0.25) is 5.91 Å². The van der Waals surface area contributed by atoms with Crippen molar-refractivity contribution in [2.45, 2.75) is 392 Å². The molecule has 454 valence electrons. The Morgan fingerprint density at radius 3 is 1.03 bits per heavy atom. The Balaban J connectivity index is 3.36. The third-order valence-electron chi connectivity index (χ3n) is 16.2. The number of carbonyl (C=O) groups is 2. The summed E-state index contributed by atoms with van der Waals surface area (Å²) in [6.07, 6.45) is 84.7. The zero-order chi connectivity index (χ0) is 55.7. The largest absolute Gasteiger partial charge is 0.466 e. The Bertz CT molecular complexity index is 1250. The molecule has 0 aliphatic carbocycles. The molecule has 0 saturated heterocycles. The SMILES string of the molecule is CCCCC/C=C\C/C=C\CCCCCCCCCC(=O)OCCCCCCCCCCCCCC/C=C\CCCCCCCCCCCCCCCC(=O)NC(CO)C(O)CCCCCCCCCCCCCCCC. The molecule has 3 N–H and O–H groups in total. The molecule has 1 amide bonds. The lowest BCUT2D eigenvalue weighted by atomic mass is 10.0. The fourth-order valence-corrected chi connectivity index (χ4v) is 10.8. The Hall–Kier alpha value is -1.92. The second-order valence-electron chi connectivity index (χ2n) is 23.9. The Kier molecular flexibility index (Phi) is 64.9. The number of aliphatic hydroxyl groups excluding tert-OH is 2.